The summed E-state index contributed by atoms with van der Waals surface area (Å²) in [5, 5.41) is 3.76. The third-order valence-electron chi connectivity index (χ3n) is 4.18. The van der Waals surface area contributed by atoms with Gasteiger partial charge < -0.3 is 5.32 Å². The van der Waals surface area contributed by atoms with Crippen LogP contribution >= 0.6 is 0 Å². The highest BCUT2D eigenvalue weighted by Crippen LogP contribution is 2.31. The standard InChI is InChI=1S/C16H25N/c1-12(2)16(6-5-7-17-16)11-15-9-13(3)8-14(4)10-15/h8-10,12,17H,5-7,11H2,1-4H3. The van der Waals surface area contributed by atoms with E-state index in [1.165, 1.54) is 42.5 Å². The third kappa shape index (κ3) is 2.71. The van der Waals surface area contributed by atoms with Crippen LogP contribution in [0.15, 0.2) is 18.2 Å². The molecule has 94 valence electrons. The number of hydrogen-bond acceptors (Lipinski definition) is 1. The average Bonchev–Trinajstić information content (AvgIpc) is 2.65. The van der Waals surface area contributed by atoms with Crippen molar-refractivity contribution in [1.29, 1.82) is 0 Å². The topological polar surface area (TPSA) is 12.0 Å². The molecule has 0 saturated carbocycles. The van der Waals surface area contributed by atoms with Gasteiger partial charge in [-0.1, -0.05) is 43.2 Å². The first kappa shape index (κ1) is 12.6. The minimum absolute atomic E-state index is 0.334. The number of rotatable bonds is 3. The van der Waals surface area contributed by atoms with Crippen LogP contribution in [0.3, 0.4) is 0 Å². The van der Waals surface area contributed by atoms with Gasteiger partial charge in [-0.25, -0.2) is 0 Å². The van der Waals surface area contributed by atoms with E-state index in [0.29, 0.717) is 11.5 Å². The van der Waals surface area contributed by atoms with Crippen molar-refractivity contribution in [2.45, 2.75) is 52.5 Å². The Morgan fingerprint density at radius 1 is 1.18 bits per heavy atom. The molecule has 0 radical (unpaired) electrons. The van der Waals surface area contributed by atoms with Gasteiger partial charge in [0, 0.05) is 5.54 Å². The van der Waals surface area contributed by atoms with E-state index < -0.39 is 0 Å². The molecular weight excluding hydrogens is 206 g/mol. The van der Waals surface area contributed by atoms with Crippen LogP contribution in [0.4, 0.5) is 0 Å². The summed E-state index contributed by atoms with van der Waals surface area (Å²) in [6.45, 7) is 10.3. The molecule has 1 N–H and O–H groups in total. The van der Waals surface area contributed by atoms with E-state index in [2.05, 4.69) is 51.2 Å². The lowest BCUT2D eigenvalue weighted by Gasteiger charge is -2.34. The lowest BCUT2D eigenvalue weighted by Crippen LogP contribution is -2.46. The molecule has 1 heterocycles. The molecule has 0 aromatic heterocycles. The Kier molecular flexibility index (Phi) is 3.58. The van der Waals surface area contributed by atoms with E-state index >= 15 is 0 Å². The molecule has 0 amide bonds. The van der Waals surface area contributed by atoms with Crippen LogP contribution < -0.4 is 5.32 Å². The number of benzene rings is 1. The maximum Gasteiger partial charge on any atom is 0.0245 e. The van der Waals surface area contributed by atoms with Crippen molar-refractivity contribution in [2.24, 2.45) is 5.92 Å². The maximum absolute atomic E-state index is 3.76. The van der Waals surface area contributed by atoms with E-state index in [4.69, 9.17) is 0 Å². The van der Waals surface area contributed by atoms with Gasteiger partial charge in [-0.3, -0.25) is 0 Å². The van der Waals surface area contributed by atoms with Gasteiger partial charge in [-0.15, -0.1) is 0 Å². The van der Waals surface area contributed by atoms with Gasteiger partial charge in [0.05, 0.1) is 0 Å². The Hall–Kier alpha value is -0.820. The molecule has 0 aliphatic carbocycles. The Labute approximate surface area is 106 Å². The Morgan fingerprint density at radius 2 is 1.82 bits per heavy atom. The van der Waals surface area contributed by atoms with Crippen LogP contribution in [0.2, 0.25) is 0 Å². The van der Waals surface area contributed by atoms with Crippen LogP contribution in [-0.2, 0) is 6.42 Å². The fourth-order valence-electron chi connectivity index (χ4n) is 3.21. The summed E-state index contributed by atoms with van der Waals surface area (Å²) in [6, 6.07) is 6.95. The van der Waals surface area contributed by atoms with Gasteiger partial charge in [0.2, 0.25) is 0 Å². The molecule has 1 aromatic rings. The second-order valence-electron chi connectivity index (χ2n) is 6.01. The Balaban J connectivity index is 2.23. The zero-order valence-corrected chi connectivity index (χ0v) is 11.6. The van der Waals surface area contributed by atoms with Crippen molar-refractivity contribution >= 4 is 0 Å². The first-order valence-electron chi connectivity index (χ1n) is 6.84. The Bertz CT molecular complexity index is 366. The highest BCUT2D eigenvalue weighted by atomic mass is 15.0. The van der Waals surface area contributed by atoms with E-state index in [1.54, 1.807) is 0 Å². The summed E-state index contributed by atoms with van der Waals surface area (Å²) in [4.78, 5) is 0. The number of hydrogen-bond donors (Lipinski definition) is 1. The van der Waals surface area contributed by atoms with Gasteiger partial charge in [-0.05, 0) is 51.1 Å². The van der Waals surface area contributed by atoms with Gasteiger partial charge in [0.15, 0.2) is 0 Å². The monoisotopic (exact) mass is 231 g/mol. The van der Waals surface area contributed by atoms with E-state index in [0.717, 1.165) is 0 Å². The van der Waals surface area contributed by atoms with Gasteiger partial charge in [-0.2, -0.15) is 0 Å². The molecule has 1 aliphatic rings. The van der Waals surface area contributed by atoms with Crippen LogP contribution in [0.1, 0.15) is 43.4 Å². The third-order valence-corrected chi connectivity index (χ3v) is 4.18. The molecule has 1 atom stereocenters. The number of aryl methyl sites for hydroxylation is 2. The normalized spacial score (nSPS) is 24.5. The molecular formula is C16H25N. The SMILES string of the molecule is Cc1cc(C)cc(CC2(C(C)C)CCCN2)c1. The second-order valence-corrected chi connectivity index (χ2v) is 6.01. The molecule has 1 aliphatic heterocycles. The molecule has 1 aromatic carbocycles. The minimum atomic E-state index is 0.334. The molecule has 1 fully saturated rings. The van der Waals surface area contributed by atoms with Crippen molar-refractivity contribution < 1.29 is 0 Å². The number of nitrogens with one attached hydrogen (secondary N) is 1. The summed E-state index contributed by atoms with van der Waals surface area (Å²) in [7, 11) is 0. The fraction of sp³-hybridized carbons (Fsp3) is 0.625. The predicted molar refractivity (Wildman–Crippen MR) is 74.4 cm³/mol. The van der Waals surface area contributed by atoms with Gasteiger partial charge in [0.25, 0.3) is 0 Å². The summed E-state index contributed by atoms with van der Waals surface area (Å²) < 4.78 is 0. The molecule has 1 nitrogen and oxygen atoms in total. The second kappa shape index (κ2) is 4.81. The van der Waals surface area contributed by atoms with Crippen LogP contribution in [0, 0.1) is 19.8 Å². The first-order valence-corrected chi connectivity index (χ1v) is 6.84. The van der Waals surface area contributed by atoms with E-state index in [1.807, 2.05) is 0 Å². The van der Waals surface area contributed by atoms with E-state index in [-0.39, 0.29) is 0 Å². The summed E-state index contributed by atoms with van der Waals surface area (Å²) in [5.74, 6) is 0.700. The van der Waals surface area contributed by atoms with Crippen LogP contribution in [-0.4, -0.2) is 12.1 Å². The van der Waals surface area contributed by atoms with Crippen LogP contribution in [0.25, 0.3) is 0 Å². The highest BCUT2D eigenvalue weighted by Gasteiger charge is 2.36. The molecule has 1 saturated heterocycles. The largest absolute Gasteiger partial charge is 0.311 e. The zero-order chi connectivity index (χ0) is 12.5. The molecule has 1 unspecified atom stereocenters. The van der Waals surface area contributed by atoms with Crippen molar-refractivity contribution in [3.05, 3.63) is 34.9 Å². The van der Waals surface area contributed by atoms with Crippen LogP contribution in [0.5, 0.6) is 0 Å². The molecule has 1 heteroatoms. The lowest BCUT2D eigenvalue weighted by molar-refractivity contribution is 0.269. The predicted octanol–water partition coefficient (Wildman–Crippen LogP) is 3.62. The first-order chi connectivity index (χ1) is 8.02. The molecule has 2 rings (SSSR count). The smallest absolute Gasteiger partial charge is 0.0245 e. The minimum Gasteiger partial charge on any atom is -0.311 e. The zero-order valence-electron chi connectivity index (χ0n) is 11.6. The highest BCUT2D eigenvalue weighted by molar-refractivity contribution is 5.30. The fourth-order valence-corrected chi connectivity index (χ4v) is 3.21. The van der Waals surface area contributed by atoms with E-state index in [9.17, 15) is 0 Å². The van der Waals surface area contributed by atoms with Crippen molar-refractivity contribution in [2.75, 3.05) is 6.54 Å². The lowest BCUT2D eigenvalue weighted by atomic mass is 9.79. The maximum atomic E-state index is 3.76. The molecule has 0 spiro atoms. The quantitative estimate of drug-likeness (QED) is 0.837. The van der Waals surface area contributed by atoms with Crippen molar-refractivity contribution in [1.82, 2.24) is 5.32 Å². The summed E-state index contributed by atoms with van der Waals surface area (Å²) >= 11 is 0. The summed E-state index contributed by atoms with van der Waals surface area (Å²) in [6.07, 6.45) is 3.81. The molecule has 0 bridgehead atoms. The van der Waals surface area contributed by atoms with Gasteiger partial charge >= 0.3 is 0 Å². The average molecular weight is 231 g/mol. The van der Waals surface area contributed by atoms with Crippen molar-refractivity contribution in [3.63, 3.8) is 0 Å². The Morgan fingerprint density at radius 3 is 2.29 bits per heavy atom. The van der Waals surface area contributed by atoms with Crippen molar-refractivity contribution in [3.8, 4) is 0 Å². The summed E-state index contributed by atoms with van der Waals surface area (Å²) in [5.41, 5.74) is 4.60. The van der Waals surface area contributed by atoms with Gasteiger partial charge in [0.1, 0.15) is 0 Å². The molecule has 17 heavy (non-hydrogen) atoms.